The first-order valence-corrected chi connectivity index (χ1v) is 6.17. The van der Waals surface area contributed by atoms with Crippen LogP contribution < -0.4 is 4.90 Å². The predicted molar refractivity (Wildman–Crippen MR) is 69.1 cm³/mol. The van der Waals surface area contributed by atoms with Crippen molar-refractivity contribution in [1.29, 1.82) is 0 Å². The summed E-state index contributed by atoms with van der Waals surface area (Å²) in [6.45, 7) is -0.000198. The Kier molecular flexibility index (Phi) is 4.14. The highest BCUT2D eigenvalue weighted by Crippen LogP contribution is 2.18. The zero-order chi connectivity index (χ0) is 14.7. The minimum atomic E-state index is -1.10. The highest BCUT2D eigenvalue weighted by Gasteiger charge is 2.39. The van der Waals surface area contributed by atoms with Crippen LogP contribution in [0.5, 0.6) is 0 Å². The zero-order valence-corrected chi connectivity index (χ0v) is 11.0. The zero-order valence-electron chi connectivity index (χ0n) is 11.0. The van der Waals surface area contributed by atoms with Crippen LogP contribution in [0.2, 0.25) is 0 Å². The first-order chi connectivity index (χ1) is 9.49. The van der Waals surface area contributed by atoms with Gasteiger partial charge in [0.25, 0.3) is 0 Å². The number of β-amino-alcohol motifs (C(OH)–C–C–N with tert-alkyl or cyclic N) is 1. The second-order valence-corrected chi connectivity index (χ2v) is 4.69. The summed E-state index contributed by atoms with van der Waals surface area (Å²) in [5.41, 5.74) is 0. The fourth-order valence-corrected chi connectivity index (χ4v) is 2.18. The van der Waals surface area contributed by atoms with E-state index in [1.165, 1.54) is 9.80 Å². The summed E-state index contributed by atoms with van der Waals surface area (Å²) in [5.74, 6) is -1.09. The predicted octanol–water partition coefficient (Wildman–Crippen LogP) is -1.04. The molecule has 0 spiro atoms. The van der Waals surface area contributed by atoms with Gasteiger partial charge in [0.05, 0.1) is 12.6 Å². The van der Waals surface area contributed by atoms with Gasteiger partial charge in [-0.3, -0.25) is 4.79 Å². The summed E-state index contributed by atoms with van der Waals surface area (Å²) in [6.07, 6.45) is 2.39. The molecular formula is C12H16N4O4. The Morgan fingerprint density at radius 1 is 1.45 bits per heavy atom. The average molecular weight is 280 g/mol. The number of hydrogen-bond acceptors (Lipinski definition) is 6. The summed E-state index contributed by atoms with van der Waals surface area (Å²) >= 11 is 0. The van der Waals surface area contributed by atoms with Gasteiger partial charge in [-0.05, 0) is 6.07 Å². The molecular weight excluding hydrogens is 264 g/mol. The maximum Gasteiger partial charge on any atom is 0.326 e. The second kappa shape index (κ2) is 5.83. The van der Waals surface area contributed by atoms with Crippen molar-refractivity contribution in [2.24, 2.45) is 0 Å². The number of carboxylic acids is 1. The van der Waals surface area contributed by atoms with Crippen molar-refractivity contribution >= 4 is 17.8 Å². The van der Waals surface area contributed by atoms with Gasteiger partial charge in [0.2, 0.25) is 11.9 Å². The largest absolute Gasteiger partial charge is 0.480 e. The Labute approximate surface area is 115 Å². The van der Waals surface area contributed by atoms with Gasteiger partial charge >= 0.3 is 5.97 Å². The molecule has 20 heavy (non-hydrogen) atoms. The molecule has 1 aliphatic rings. The molecule has 1 amide bonds. The number of nitrogens with zero attached hydrogens (tertiary/aromatic N) is 4. The van der Waals surface area contributed by atoms with Crippen LogP contribution in [0.1, 0.15) is 6.42 Å². The highest BCUT2D eigenvalue weighted by molar-refractivity contribution is 5.87. The molecule has 0 aromatic carbocycles. The Morgan fingerprint density at radius 2 is 2.10 bits per heavy atom. The molecule has 8 nitrogen and oxygen atoms in total. The van der Waals surface area contributed by atoms with Gasteiger partial charge in [0.15, 0.2) is 0 Å². The van der Waals surface area contributed by atoms with E-state index in [4.69, 9.17) is 5.11 Å². The third-order valence-corrected chi connectivity index (χ3v) is 3.15. The molecule has 2 heterocycles. The van der Waals surface area contributed by atoms with Crippen molar-refractivity contribution < 1.29 is 19.8 Å². The fraction of sp³-hybridized carbons (Fsp3) is 0.500. The molecule has 1 fully saturated rings. The van der Waals surface area contributed by atoms with E-state index in [9.17, 15) is 14.7 Å². The van der Waals surface area contributed by atoms with Crippen LogP contribution >= 0.6 is 0 Å². The van der Waals surface area contributed by atoms with Gasteiger partial charge in [0.1, 0.15) is 6.04 Å². The SMILES string of the molecule is CN(CC(=O)N1CC(O)C[C@H]1C(=O)O)c1ncccn1. The molecule has 2 N–H and O–H groups in total. The Hall–Kier alpha value is -2.22. The molecule has 8 heteroatoms. The standard InChI is InChI=1S/C12H16N4O4/c1-15(12-13-3-2-4-14-12)7-10(18)16-6-8(17)5-9(16)11(19)20/h2-4,8-9,17H,5-7H2,1H3,(H,19,20)/t8?,9-/m0/s1. The lowest BCUT2D eigenvalue weighted by Gasteiger charge is -2.24. The summed E-state index contributed by atoms with van der Waals surface area (Å²) in [5, 5.41) is 18.6. The number of carbonyl (C=O) groups is 2. The number of likely N-dealkylation sites (tertiary alicyclic amines) is 1. The molecule has 2 atom stereocenters. The number of aromatic nitrogens is 2. The molecule has 108 valence electrons. The topological polar surface area (TPSA) is 107 Å². The van der Waals surface area contributed by atoms with Crippen molar-refractivity contribution in [3.8, 4) is 0 Å². The van der Waals surface area contributed by atoms with Crippen LogP contribution in [-0.4, -0.2) is 69.2 Å². The van der Waals surface area contributed by atoms with Crippen molar-refractivity contribution in [2.45, 2.75) is 18.6 Å². The third-order valence-electron chi connectivity index (χ3n) is 3.15. The van der Waals surface area contributed by atoms with E-state index in [1.54, 1.807) is 25.5 Å². The van der Waals surface area contributed by atoms with Gasteiger partial charge in [-0.25, -0.2) is 14.8 Å². The molecule has 0 saturated carbocycles. The number of hydrogen-bond donors (Lipinski definition) is 2. The van der Waals surface area contributed by atoms with Crippen molar-refractivity contribution in [3.63, 3.8) is 0 Å². The fourth-order valence-electron chi connectivity index (χ4n) is 2.18. The lowest BCUT2D eigenvalue weighted by Crippen LogP contribution is -2.45. The summed E-state index contributed by atoms with van der Waals surface area (Å²) < 4.78 is 0. The molecule has 1 saturated heterocycles. The molecule has 1 aromatic rings. The third kappa shape index (κ3) is 3.02. The van der Waals surface area contributed by atoms with Gasteiger partial charge in [0, 0.05) is 32.4 Å². The van der Waals surface area contributed by atoms with Crippen LogP contribution in [0, 0.1) is 0 Å². The summed E-state index contributed by atoms with van der Waals surface area (Å²) in [6, 6.07) is 0.693. The van der Waals surface area contributed by atoms with E-state index >= 15 is 0 Å². The van der Waals surface area contributed by atoms with E-state index in [0.717, 1.165) is 0 Å². The summed E-state index contributed by atoms with van der Waals surface area (Å²) in [4.78, 5) is 34.0. The first-order valence-electron chi connectivity index (χ1n) is 6.17. The monoisotopic (exact) mass is 280 g/mol. The lowest BCUT2D eigenvalue weighted by molar-refractivity contribution is -0.147. The van der Waals surface area contributed by atoms with Gasteiger partial charge < -0.3 is 20.0 Å². The van der Waals surface area contributed by atoms with E-state index < -0.39 is 18.1 Å². The van der Waals surface area contributed by atoms with Crippen molar-refractivity contribution in [3.05, 3.63) is 18.5 Å². The number of aliphatic hydroxyl groups excluding tert-OH is 1. The van der Waals surface area contributed by atoms with Crippen LogP contribution in [-0.2, 0) is 9.59 Å². The van der Waals surface area contributed by atoms with E-state index in [2.05, 4.69) is 9.97 Å². The molecule has 1 aromatic heterocycles. The van der Waals surface area contributed by atoms with Crippen molar-refractivity contribution in [2.75, 3.05) is 25.0 Å². The minimum absolute atomic E-state index is 0.0410. The molecule has 0 aliphatic carbocycles. The van der Waals surface area contributed by atoms with Crippen LogP contribution in [0.3, 0.4) is 0 Å². The quantitative estimate of drug-likeness (QED) is 0.725. The van der Waals surface area contributed by atoms with E-state index in [0.29, 0.717) is 5.95 Å². The van der Waals surface area contributed by atoms with Crippen LogP contribution in [0.4, 0.5) is 5.95 Å². The molecule has 1 unspecified atom stereocenters. The number of aliphatic hydroxyl groups is 1. The normalized spacial score (nSPS) is 21.8. The maximum absolute atomic E-state index is 12.1. The molecule has 0 radical (unpaired) electrons. The van der Waals surface area contributed by atoms with Crippen LogP contribution in [0.25, 0.3) is 0 Å². The second-order valence-electron chi connectivity index (χ2n) is 4.69. The molecule has 1 aliphatic heterocycles. The average Bonchev–Trinajstić information content (AvgIpc) is 2.82. The number of likely N-dealkylation sites (N-methyl/N-ethyl adjacent to an activating group) is 1. The Balaban J connectivity index is 2.02. The van der Waals surface area contributed by atoms with E-state index in [-0.39, 0.29) is 25.4 Å². The van der Waals surface area contributed by atoms with Gasteiger partial charge in [-0.1, -0.05) is 0 Å². The number of aliphatic carboxylic acids is 1. The smallest absolute Gasteiger partial charge is 0.326 e. The number of rotatable bonds is 4. The Morgan fingerprint density at radius 3 is 2.70 bits per heavy atom. The number of carbonyl (C=O) groups excluding carboxylic acids is 1. The molecule has 2 rings (SSSR count). The Bertz CT molecular complexity index is 495. The highest BCUT2D eigenvalue weighted by atomic mass is 16.4. The minimum Gasteiger partial charge on any atom is -0.480 e. The number of amides is 1. The van der Waals surface area contributed by atoms with Crippen molar-refractivity contribution in [1.82, 2.24) is 14.9 Å². The van der Waals surface area contributed by atoms with Crippen LogP contribution in [0.15, 0.2) is 18.5 Å². The summed E-state index contributed by atoms with van der Waals surface area (Å²) in [7, 11) is 1.65. The van der Waals surface area contributed by atoms with Gasteiger partial charge in [-0.15, -0.1) is 0 Å². The number of carboxylic acid groups (broad SMARTS) is 1. The number of anilines is 1. The van der Waals surface area contributed by atoms with E-state index in [1.807, 2.05) is 0 Å². The molecule has 0 bridgehead atoms. The van der Waals surface area contributed by atoms with Gasteiger partial charge in [-0.2, -0.15) is 0 Å². The first kappa shape index (κ1) is 14.2. The maximum atomic E-state index is 12.1. The lowest BCUT2D eigenvalue weighted by atomic mass is 10.2.